The summed E-state index contributed by atoms with van der Waals surface area (Å²) in [7, 11) is 0. The van der Waals surface area contributed by atoms with Crippen LogP contribution in [-0.4, -0.2) is 43.0 Å². The summed E-state index contributed by atoms with van der Waals surface area (Å²) in [6.07, 6.45) is 6.52. The highest BCUT2D eigenvalue weighted by Gasteiger charge is 2.16. The van der Waals surface area contributed by atoms with Crippen LogP contribution in [0.2, 0.25) is 0 Å². The first-order valence-corrected chi connectivity index (χ1v) is 9.66. The molecule has 156 valence electrons. The zero-order chi connectivity index (χ0) is 21.8. The van der Waals surface area contributed by atoms with Crippen LogP contribution < -0.4 is 5.32 Å². The number of rotatable bonds is 6. The fraction of sp³-hybridized carbons (Fsp3) is 0.136. The van der Waals surface area contributed by atoms with Crippen molar-refractivity contribution < 1.29 is 14.3 Å². The molecule has 0 aliphatic carbocycles. The van der Waals surface area contributed by atoms with Crippen molar-refractivity contribution in [1.82, 2.24) is 24.5 Å². The molecule has 1 aromatic carbocycles. The predicted octanol–water partition coefficient (Wildman–Crippen LogP) is 3.19. The van der Waals surface area contributed by atoms with E-state index in [1.54, 1.807) is 78.2 Å². The molecular weight excluding hydrogens is 396 g/mol. The topological polar surface area (TPSA) is 104 Å². The molecule has 4 rings (SSSR count). The van der Waals surface area contributed by atoms with Crippen LogP contribution >= 0.6 is 0 Å². The minimum absolute atomic E-state index is 0.260. The summed E-state index contributed by atoms with van der Waals surface area (Å²) >= 11 is 0. The van der Waals surface area contributed by atoms with Crippen molar-refractivity contribution in [3.05, 3.63) is 84.1 Å². The third kappa shape index (κ3) is 4.20. The molecular formula is C22H20N6O3. The van der Waals surface area contributed by atoms with E-state index in [0.717, 1.165) is 5.69 Å². The van der Waals surface area contributed by atoms with Gasteiger partial charge in [0, 0.05) is 18.0 Å². The molecule has 0 radical (unpaired) electrons. The Bertz CT molecular complexity index is 1200. The van der Waals surface area contributed by atoms with Gasteiger partial charge < -0.3 is 10.1 Å². The second-order valence-corrected chi connectivity index (χ2v) is 6.63. The third-order valence-corrected chi connectivity index (χ3v) is 4.62. The summed E-state index contributed by atoms with van der Waals surface area (Å²) in [4.78, 5) is 28.8. The second kappa shape index (κ2) is 8.62. The van der Waals surface area contributed by atoms with E-state index in [2.05, 4.69) is 20.5 Å². The van der Waals surface area contributed by atoms with E-state index < -0.39 is 5.97 Å². The lowest BCUT2D eigenvalue weighted by Gasteiger charge is -2.08. The molecule has 0 spiro atoms. The molecule has 3 heterocycles. The highest BCUT2D eigenvalue weighted by molar-refractivity contribution is 6.04. The number of anilines is 1. The molecule has 1 N–H and O–H groups in total. The number of esters is 1. The van der Waals surface area contributed by atoms with Crippen molar-refractivity contribution in [3.8, 4) is 11.5 Å². The number of benzene rings is 1. The van der Waals surface area contributed by atoms with Crippen LogP contribution in [0.15, 0.2) is 67.3 Å². The molecule has 3 aromatic heterocycles. The first-order valence-electron chi connectivity index (χ1n) is 9.66. The van der Waals surface area contributed by atoms with Gasteiger partial charge in [-0.1, -0.05) is 0 Å². The van der Waals surface area contributed by atoms with Gasteiger partial charge in [-0.15, -0.1) is 0 Å². The molecule has 4 aromatic rings. The molecule has 0 aliphatic rings. The van der Waals surface area contributed by atoms with Crippen molar-refractivity contribution in [2.24, 2.45) is 0 Å². The van der Waals surface area contributed by atoms with Crippen LogP contribution in [0.5, 0.6) is 0 Å². The maximum absolute atomic E-state index is 12.6. The first-order chi connectivity index (χ1) is 15.1. The monoisotopic (exact) mass is 416 g/mol. The van der Waals surface area contributed by atoms with Crippen molar-refractivity contribution >= 4 is 17.6 Å². The first kappa shape index (κ1) is 20.0. The Morgan fingerprint density at radius 1 is 1.06 bits per heavy atom. The minimum atomic E-state index is -0.408. The van der Waals surface area contributed by atoms with E-state index in [4.69, 9.17) is 4.74 Å². The fourth-order valence-corrected chi connectivity index (χ4v) is 3.04. The molecule has 9 nitrogen and oxygen atoms in total. The van der Waals surface area contributed by atoms with E-state index in [1.807, 2.05) is 6.07 Å². The van der Waals surface area contributed by atoms with Gasteiger partial charge in [0.05, 0.1) is 36.1 Å². The van der Waals surface area contributed by atoms with Crippen molar-refractivity contribution in [3.63, 3.8) is 0 Å². The molecule has 9 heteroatoms. The number of nitrogens with zero attached hydrogens (tertiary/aromatic N) is 5. The number of carbonyl (C=O) groups excluding carboxylic acids is 2. The summed E-state index contributed by atoms with van der Waals surface area (Å²) in [5.41, 5.74) is 2.87. The van der Waals surface area contributed by atoms with Gasteiger partial charge in [-0.25, -0.2) is 19.1 Å². The third-order valence-electron chi connectivity index (χ3n) is 4.62. The number of hydrogen-bond donors (Lipinski definition) is 1. The lowest BCUT2D eigenvalue weighted by molar-refractivity contribution is 0.0525. The Labute approximate surface area is 178 Å². The molecule has 0 fully saturated rings. The Kier molecular flexibility index (Phi) is 5.57. The molecule has 0 unspecified atom stereocenters. The number of hydrogen-bond acceptors (Lipinski definition) is 6. The minimum Gasteiger partial charge on any atom is -0.462 e. The van der Waals surface area contributed by atoms with Crippen LogP contribution in [0.3, 0.4) is 0 Å². The molecule has 0 atom stereocenters. The highest BCUT2D eigenvalue weighted by atomic mass is 16.5. The molecule has 0 saturated carbocycles. The predicted molar refractivity (Wildman–Crippen MR) is 114 cm³/mol. The summed E-state index contributed by atoms with van der Waals surface area (Å²) in [5, 5.41) is 11.2. The van der Waals surface area contributed by atoms with Gasteiger partial charge in [-0.3, -0.25) is 4.79 Å². The average molecular weight is 416 g/mol. The maximum Gasteiger partial charge on any atom is 0.341 e. The van der Waals surface area contributed by atoms with Crippen LogP contribution in [0, 0.1) is 6.92 Å². The van der Waals surface area contributed by atoms with Gasteiger partial charge in [0.2, 0.25) is 0 Å². The quantitative estimate of drug-likeness (QED) is 0.484. The largest absolute Gasteiger partial charge is 0.462 e. The number of aromatic nitrogens is 5. The Morgan fingerprint density at radius 3 is 2.52 bits per heavy atom. The molecule has 31 heavy (non-hydrogen) atoms. The zero-order valence-electron chi connectivity index (χ0n) is 17.0. The van der Waals surface area contributed by atoms with Gasteiger partial charge in [-0.05, 0) is 56.3 Å². The van der Waals surface area contributed by atoms with Crippen LogP contribution in [0.4, 0.5) is 5.69 Å². The zero-order valence-corrected chi connectivity index (χ0v) is 17.0. The Hall–Kier alpha value is -4.27. The van der Waals surface area contributed by atoms with Gasteiger partial charge in [0.15, 0.2) is 5.82 Å². The standard InChI is InChI=1S/C22H20N6O3/c1-3-31-22(30)19-14-25-28(15(19)2)18-8-5-16(6-9-18)21(29)26-17-7-10-20(23-13-17)27-12-4-11-24-27/h4-14H,3H2,1-2H3,(H,26,29). The highest BCUT2D eigenvalue weighted by Crippen LogP contribution is 2.17. The summed E-state index contributed by atoms with van der Waals surface area (Å²) in [6, 6.07) is 12.3. The lowest BCUT2D eigenvalue weighted by atomic mass is 10.2. The molecule has 0 bridgehead atoms. The van der Waals surface area contributed by atoms with Crippen LogP contribution in [-0.2, 0) is 4.74 Å². The summed E-state index contributed by atoms with van der Waals surface area (Å²) in [5.74, 6) is -0.0110. The molecule has 0 aliphatic heterocycles. The van der Waals surface area contributed by atoms with Crippen molar-refractivity contribution in [1.29, 1.82) is 0 Å². The summed E-state index contributed by atoms with van der Waals surface area (Å²) in [6.45, 7) is 3.85. The SMILES string of the molecule is CCOC(=O)c1cnn(-c2ccc(C(=O)Nc3ccc(-n4cccn4)nc3)cc2)c1C. The van der Waals surface area contributed by atoms with Gasteiger partial charge in [0.25, 0.3) is 5.91 Å². The van der Waals surface area contributed by atoms with Gasteiger partial charge in [0.1, 0.15) is 5.56 Å². The fourth-order valence-electron chi connectivity index (χ4n) is 3.04. The van der Waals surface area contributed by atoms with Gasteiger partial charge in [-0.2, -0.15) is 10.2 Å². The second-order valence-electron chi connectivity index (χ2n) is 6.63. The number of ether oxygens (including phenoxy) is 1. The Morgan fingerprint density at radius 2 is 1.87 bits per heavy atom. The number of amides is 1. The van der Waals surface area contributed by atoms with Crippen molar-refractivity contribution in [2.45, 2.75) is 13.8 Å². The lowest BCUT2D eigenvalue weighted by Crippen LogP contribution is -2.12. The van der Waals surface area contributed by atoms with Crippen LogP contribution in [0.1, 0.15) is 33.3 Å². The van der Waals surface area contributed by atoms with E-state index >= 15 is 0 Å². The average Bonchev–Trinajstić information content (AvgIpc) is 3.45. The number of carbonyl (C=O) groups is 2. The van der Waals surface area contributed by atoms with E-state index in [9.17, 15) is 9.59 Å². The summed E-state index contributed by atoms with van der Waals surface area (Å²) < 4.78 is 8.30. The van der Waals surface area contributed by atoms with E-state index in [0.29, 0.717) is 34.9 Å². The Balaban J connectivity index is 1.46. The molecule has 1 amide bonds. The maximum atomic E-state index is 12.6. The van der Waals surface area contributed by atoms with Gasteiger partial charge >= 0.3 is 5.97 Å². The number of pyridine rings is 1. The van der Waals surface area contributed by atoms with Crippen LogP contribution in [0.25, 0.3) is 11.5 Å². The van der Waals surface area contributed by atoms with Crippen molar-refractivity contribution in [2.75, 3.05) is 11.9 Å². The molecule has 0 saturated heterocycles. The van der Waals surface area contributed by atoms with E-state index in [-0.39, 0.29) is 5.91 Å². The normalized spacial score (nSPS) is 10.6. The number of nitrogens with one attached hydrogen (secondary N) is 1. The smallest absolute Gasteiger partial charge is 0.341 e. The van der Waals surface area contributed by atoms with E-state index in [1.165, 1.54) is 6.20 Å².